The SMILES string of the molecule is CC1(C)Cc2cc(C3=C(C4=CC=C(OC5CCN(CCCF)C5)CC=C4)c4ccc(OF)cc4CCC3)ccc2O1. The van der Waals surface area contributed by atoms with Crippen LogP contribution in [0, 0.1) is 0 Å². The predicted octanol–water partition coefficient (Wildman–Crippen LogP) is 8.13. The van der Waals surface area contributed by atoms with Crippen molar-refractivity contribution in [1.29, 1.82) is 0 Å². The second kappa shape index (κ2) is 11.8. The van der Waals surface area contributed by atoms with E-state index in [4.69, 9.17) is 9.47 Å². The molecule has 1 unspecified atom stereocenters. The summed E-state index contributed by atoms with van der Waals surface area (Å²) >= 11 is 0. The smallest absolute Gasteiger partial charge is 0.172 e. The lowest BCUT2D eigenvalue weighted by Crippen LogP contribution is -2.24. The topological polar surface area (TPSA) is 30.9 Å². The van der Waals surface area contributed by atoms with Gasteiger partial charge in [-0.2, -0.15) is 0 Å². The molecule has 0 amide bonds. The highest BCUT2D eigenvalue weighted by Crippen LogP contribution is 2.44. The minimum absolute atomic E-state index is 0.134. The third-order valence-electron chi connectivity index (χ3n) is 8.53. The fourth-order valence-electron chi connectivity index (χ4n) is 6.68. The van der Waals surface area contributed by atoms with Gasteiger partial charge in [0.2, 0.25) is 0 Å². The predicted molar refractivity (Wildman–Crippen MR) is 159 cm³/mol. The molecule has 41 heavy (non-hydrogen) atoms. The molecule has 2 aromatic rings. The summed E-state index contributed by atoms with van der Waals surface area (Å²) in [4.78, 5) is 6.39. The van der Waals surface area contributed by atoms with Crippen LogP contribution in [0.2, 0.25) is 0 Å². The quantitative estimate of drug-likeness (QED) is 0.327. The van der Waals surface area contributed by atoms with E-state index in [0.29, 0.717) is 6.42 Å². The number of benzene rings is 2. The summed E-state index contributed by atoms with van der Waals surface area (Å²) in [6.45, 7) is 6.57. The van der Waals surface area contributed by atoms with Crippen LogP contribution in [0.1, 0.15) is 68.2 Å². The molecular weight excluding hydrogens is 520 g/mol. The number of hydrogen-bond acceptors (Lipinski definition) is 4. The fraction of sp³-hybridized carbons (Fsp3) is 0.429. The highest BCUT2D eigenvalue weighted by atomic mass is 19.3. The standard InChI is InChI=1S/C35H39F2NO3/c1-35(2)22-27-20-26(11-15-33(27)40-35)31-9-4-7-25-21-29(41-37)13-14-32(25)34(31)24-6-3-8-28(12-10-24)39-30-16-19-38(23-30)18-5-17-36/h3,6,10-15,20-21,30H,4-5,7-9,16-19,22-23H2,1-2H3. The summed E-state index contributed by atoms with van der Waals surface area (Å²) in [7, 11) is 0. The number of hydrogen-bond donors (Lipinski definition) is 0. The molecule has 4 aliphatic rings. The molecule has 0 bridgehead atoms. The van der Waals surface area contributed by atoms with Gasteiger partial charge in [0.15, 0.2) is 5.75 Å². The maximum absolute atomic E-state index is 13.1. The first-order valence-electron chi connectivity index (χ1n) is 14.9. The van der Waals surface area contributed by atoms with Crippen molar-refractivity contribution in [2.75, 3.05) is 26.3 Å². The number of halogens is 2. The van der Waals surface area contributed by atoms with Crippen molar-refractivity contribution >= 4 is 11.1 Å². The second-order valence-electron chi connectivity index (χ2n) is 12.2. The lowest BCUT2D eigenvalue weighted by atomic mass is 9.86. The summed E-state index contributed by atoms with van der Waals surface area (Å²) in [5.74, 6) is 2.15. The van der Waals surface area contributed by atoms with Gasteiger partial charge in [-0.05, 0) is 115 Å². The highest BCUT2D eigenvalue weighted by molar-refractivity contribution is 6.01. The molecule has 0 radical (unpaired) electrons. The Morgan fingerprint density at radius 3 is 2.83 bits per heavy atom. The first kappa shape index (κ1) is 27.8. The van der Waals surface area contributed by atoms with Crippen molar-refractivity contribution in [2.24, 2.45) is 0 Å². The van der Waals surface area contributed by atoms with Crippen LogP contribution in [-0.4, -0.2) is 42.9 Å². The number of alkyl halides is 1. The molecule has 1 saturated heterocycles. The Morgan fingerprint density at radius 2 is 1.98 bits per heavy atom. The zero-order valence-corrected chi connectivity index (χ0v) is 24.1. The molecule has 4 nitrogen and oxygen atoms in total. The molecule has 0 spiro atoms. The van der Waals surface area contributed by atoms with Crippen LogP contribution in [0.25, 0.3) is 11.1 Å². The van der Waals surface area contributed by atoms with Crippen molar-refractivity contribution < 1.29 is 23.3 Å². The monoisotopic (exact) mass is 559 g/mol. The minimum atomic E-state index is -0.272. The lowest BCUT2D eigenvalue weighted by molar-refractivity contribution is -0.00629. The van der Waals surface area contributed by atoms with Gasteiger partial charge in [0.1, 0.15) is 23.2 Å². The third-order valence-corrected chi connectivity index (χ3v) is 8.53. The van der Waals surface area contributed by atoms with Crippen LogP contribution < -0.4 is 9.68 Å². The molecule has 1 fully saturated rings. The van der Waals surface area contributed by atoms with Crippen LogP contribution in [0.4, 0.5) is 8.92 Å². The van der Waals surface area contributed by atoms with Gasteiger partial charge >= 0.3 is 0 Å². The molecule has 0 N–H and O–H groups in total. The van der Waals surface area contributed by atoms with Gasteiger partial charge in [-0.1, -0.05) is 30.4 Å². The molecule has 0 aromatic heterocycles. The minimum Gasteiger partial charge on any atom is -0.493 e. The molecular formula is C35H39F2NO3. The normalized spacial score (nSPS) is 21.8. The van der Waals surface area contributed by atoms with Gasteiger partial charge in [0, 0.05) is 37.0 Å². The van der Waals surface area contributed by atoms with Gasteiger partial charge in [-0.25, -0.2) is 0 Å². The van der Waals surface area contributed by atoms with Crippen LogP contribution in [0.3, 0.4) is 0 Å². The zero-order chi connectivity index (χ0) is 28.4. The molecule has 2 aromatic carbocycles. The summed E-state index contributed by atoms with van der Waals surface area (Å²) < 4.78 is 38.4. The van der Waals surface area contributed by atoms with Gasteiger partial charge in [0.05, 0.1) is 6.67 Å². The van der Waals surface area contributed by atoms with E-state index < -0.39 is 0 Å². The average molecular weight is 560 g/mol. The van der Waals surface area contributed by atoms with Crippen LogP contribution in [-0.2, 0) is 17.6 Å². The van der Waals surface area contributed by atoms with Crippen molar-refractivity contribution in [3.05, 3.63) is 94.3 Å². The maximum Gasteiger partial charge on any atom is 0.172 e. The summed E-state index contributed by atoms with van der Waals surface area (Å²) in [5.41, 5.74) is 8.03. The Hall–Kier alpha value is -3.38. The molecule has 2 aliphatic carbocycles. The van der Waals surface area contributed by atoms with Crippen molar-refractivity contribution in [3.63, 3.8) is 0 Å². The number of ether oxygens (including phenoxy) is 2. The van der Waals surface area contributed by atoms with E-state index in [-0.39, 0.29) is 24.1 Å². The Labute approximate surface area is 241 Å². The third kappa shape index (κ3) is 6.13. The fourth-order valence-corrected chi connectivity index (χ4v) is 6.68. The van der Waals surface area contributed by atoms with Crippen molar-refractivity contribution in [2.45, 2.75) is 70.5 Å². The molecule has 6 rings (SSSR count). The van der Waals surface area contributed by atoms with E-state index in [9.17, 15) is 8.92 Å². The van der Waals surface area contributed by atoms with E-state index >= 15 is 0 Å². The van der Waals surface area contributed by atoms with Crippen LogP contribution >= 0.6 is 0 Å². The van der Waals surface area contributed by atoms with Gasteiger partial charge < -0.3 is 9.47 Å². The molecule has 2 heterocycles. The Balaban J connectivity index is 1.36. The Morgan fingerprint density at radius 1 is 1.07 bits per heavy atom. The second-order valence-corrected chi connectivity index (χ2v) is 12.2. The number of aryl methyl sites for hydroxylation is 1. The average Bonchev–Trinajstić information content (AvgIpc) is 3.37. The van der Waals surface area contributed by atoms with Gasteiger partial charge in [-0.3, -0.25) is 14.2 Å². The maximum atomic E-state index is 13.1. The first-order valence-corrected chi connectivity index (χ1v) is 14.9. The van der Waals surface area contributed by atoms with Gasteiger partial charge in [-0.15, -0.1) is 0 Å². The van der Waals surface area contributed by atoms with E-state index in [1.165, 1.54) is 22.3 Å². The van der Waals surface area contributed by atoms with Gasteiger partial charge in [0.25, 0.3) is 0 Å². The lowest BCUT2D eigenvalue weighted by Gasteiger charge is -2.18. The molecule has 6 heteroatoms. The largest absolute Gasteiger partial charge is 0.493 e. The number of rotatable bonds is 8. The molecule has 0 saturated carbocycles. The first-order chi connectivity index (χ1) is 19.9. The van der Waals surface area contributed by atoms with Crippen molar-refractivity contribution in [1.82, 2.24) is 4.90 Å². The molecule has 1 atom stereocenters. The van der Waals surface area contributed by atoms with E-state index in [0.717, 1.165) is 86.4 Å². The number of fused-ring (bicyclic) bond motifs is 2. The van der Waals surface area contributed by atoms with E-state index in [2.05, 4.69) is 66.2 Å². The highest BCUT2D eigenvalue weighted by Gasteiger charge is 2.31. The van der Waals surface area contributed by atoms with E-state index in [1.54, 1.807) is 6.07 Å². The van der Waals surface area contributed by atoms with E-state index in [1.807, 2.05) is 12.1 Å². The Bertz CT molecular complexity index is 1420. The number of allylic oxidation sites excluding steroid dienone is 7. The summed E-state index contributed by atoms with van der Waals surface area (Å²) in [6, 6.07) is 12.1. The summed E-state index contributed by atoms with van der Waals surface area (Å²) in [6.07, 6.45) is 14.6. The van der Waals surface area contributed by atoms with Crippen LogP contribution in [0.15, 0.2) is 72.0 Å². The summed E-state index contributed by atoms with van der Waals surface area (Å²) in [5, 5.41) is 0. The number of nitrogens with zero attached hydrogens (tertiary/aromatic N) is 1. The molecule has 216 valence electrons. The Kier molecular flexibility index (Phi) is 8.03. The number of likely N-dealkylation sites (tertiary alicyclic amines) is 1. The van der Waals surface area contributed by atoms with Crippen LogP contribution in [0.5, 0.6) is 11.5 Å². The molecule has 2 aliphatic heterocycles. The zero-order valence-electron chi connectivity index (χ0n) is 24.1. The van der Waals surface area contributed by atoms with Crippen molar-refractivity contribution in [3.8, 4) is 11.5 Å².